The van der Waals surface area contributed by atoms with Crippen molar-refractivity contribution >= 4 is 11.5 Å². The molecule has 1 aromatic heterocycles. The highest BCUT2D eigenvalue weighted by atomic mass is 19.4. The summed E-state index contributed by atoms with van der Waals surface area (Å²) in [5.41, 5.74) is -0.325. The summed E-state index contributed by atoms with van der Waals surface area (Å²) in [5, 5.41) is 20.5. The molecule has 0 fully saturated rings. The molecule has 0 saturated carbocycles. The Balaban J connectivity index is 2.18. The quantitative estimate of drug-likeness (QED) is 0.758. The molecule has 3 N–H and O–H groups in total. The van der Waals surface area contributed by atoms with Crippen LogP contribution in [-0.4, -0.2) is 15.2 Å². The fourth-order valence-electron chi connectivity index (χ4n) is 1.55. The standard InChI is InChI=1S/C13H11F3N2O2/c14-13(15,16)9-2-1-3-10(6-9)18-11-5-4-8(7-17-11)12(19)20/h1-7,12,19-20H,(H,17,18). The van der Waals surface area contributed by atoms with Crippen molar-refractivity contribution in [2.75, 3.05) is 5.32 Å². The zero-order valence-electron chi connectivity index (χ0n) is 10.1. The first-order chi connectivity index (χ1) is 9.36. The van der Waals surface area contributed by atoms with Crippen molar-refractivity contribution < 1.29 is 23.4 Å². The average Bonchev–Trinajstić information content (AvgIpc) is 2.38. The molecule has 0 aliphatic heterocycles. The van der Waals surface area contributed by atoms with Crippen molar-refractivity contribution in [3.8, 4) is 0 Å². The van der Waals surface area contributed by atoms with Crippen LogP contribution < -0.4 is 5.32 Å². The van der Waals surface area contributed by atoms with Gasteiger partial charge in [0.2, 0.25) is 0 Å². The molecule has 0 spiro atoms. The van der Waals surface area contributed by atoms with Crippen molar-refractivity contribution in [1.29, 1.82) is 0 Å². The van der Waals surface area contributed by atoms with Crippen molar-refractivity contribution in [3.05, 3.63) is 53.7 Å². The van der Waals surface area contributed by atoms with E-state index in [2.05, 4.69) is 10.3 Å². The maximum atomic E-state index is 12.5. The van der Waals surface area contributed by atoms with Gasteiger partial charge in [-0.2, -0.15) is 13.2 Å². The van der Waals surface area contributed by atoms with E-state index >= 15 is 0 Å². The van der Waals surface area contributed by atoms with Crippen molar-refractivity contribution in [1.82, 2.24) is 4.98 Å². The van der Waals surface area contributed by atoms with Crippen LogP contribution in [-0.2, 0) is 6.18 Å². The minimum Gasteiger partial charge on any atom is -0.364 e. The molecule has 106 valence electrons. The zero-order chi connectivity index (χ0) is 14.8. The average molecular weight is 284 g/mol. The number of pyridine rings is 1. The molecule has 0 saturated heterocycles. The second-order valence-electron chi connectivity index (χ2n) is 4.05. The van der Waals surface area contributed by atoms with Crippen LogP contribution in [0.3, 0.4) is 0 Å². The number of halogens is 3. The van der Waals surface area contributed by atoms with E-state index in [1.54, 1.807) is 0 Å². The summed E-state index contributed by atoms with van der Waals surface area (Å²) in [4.78, 5) is 3.87. The Hall–Kier alpha value is -2.12. The van der Waals surface area contributed by atoms with E-state index in [1.807, 2.05) is 0 Å². The summed E-state index contributed by atoms with van der Waals surface area (Å²) in [6, 6.07) is 7.56. The Morgan fingerprint density at radius 3 is 2.40 bits per heavy atom. The number of nitrogens with zero attached hydrogens (tertiary/aromatic N) is 1. The molecule has 1 aromatic carbocycles. The number of nitrogens with one attached hydrogen (secondary N) is 1. The molecule has 7 heteroatoms. The Morgan fingerprint density at radius 2 is 1.85 bits per heavy atom. The summed E-state index contributed by atoms with van der Waals surface area (Å²) in [5.74, 6) is 0.300. The fraction of sp³-hybridized carbons (Fsp3) is 0.154. The van der Waals surface area contributed by atoms with Crippen LogP contribution >= 0.6 is 0 Å². The van der Waals surface area contributed by atoms with Gasteiger partial charge in [0, 0.05) is 17.4 Å². The van der Waals surface area contributed by atoms with Gasteiger partial charge in [-0.15, -0.1) is 0 Å². The Labute approximate surface area is 112 Å². The van der Waals surface area contributed by atoms with Gasteiger partial charge in [0.05, 0.1) is 5.56 Å². The van der Waals surface area contributed by atoms with Crippen LogP contribution in [0.5, 0.6) is 0 Å². The van der Waals surface area contributed by atoms with E-state index in [1.165, 1.54) is 30.5 Å². The summed E-state index contributed by atoms with van der Waals surface area (Å²) in [6.07, 6.45) is -4.82. The molecular weight excluding hydrogens is 273 g/mol. The summed E-state index contributed by atoms with van der Waals surface area (Å²) >= 11 is 0. The molecular formula is C13H11F3N2O2. The fourth-order valence-corrected chi connectivity index (χ4v) is 1.55. The minimum atomic E-state index is -4.41. The van der Waals surface area contributed by atoms with Crippen LogP contribution in [0.4, 0.5) is 24.7 Å². The molecule has 2 aromatic rings. The molecule has 0 radical (unpaired) electrons. The Kier molecular flexibility index (Phi) is 3.91. The van der Waals surface area contributed by atoms with E-state index in [4.69, 9.17) is 10.2 Å². The number of aliphatic hydroxyl groups excluding tert-OH is 1. The predicted octanol–water partition coefficient (Wildman–Crippen LogP) is 2.83. The third kappa shape index (κ3) is 3.46. The van der Waals surface area contributed by atoms with Gasteiger partial charge < -0.3 is 15.5 Å². The smallest absolute Gasteiger partial charge is 0.364 e. The van der Waals surface area contributed by atoms with E-state index in [-0.39, 0.29) is 11.3 Å². The monoisotopic (exact) mass is 284 g/mol. The number of anilines is 2. The van der Waals surface area contributed by atoms with Crippen LogP contribution in [0.15, 0.2) is 42.6 Å². The molecule has 4 nitrogen and oxygen atoms in total. The molecule has 1 heterocycles. The van der Waals surface area contributed by atoms with Crippen LogP contribution in [0.25, 0.3) is 0 Å². The Morgan fingerprint density at radius 1 is 1.10 bits per heavy atom. The van der Waals surface area contributed by atoms with Gasteiger partial charge in [-0.3, -0.25) is 0 Å². The van der Waals surface area contributed by atoms with E-state index in [9.17, 15) is 13.2 Å². The number of benzene rings is 1. The highest BCUT2D eigenvalue weighted by Crippen LogP contribution is 2.31. The molecule has 0 unspecified atom stereocenters. The second kappa shape index (κ2) is 5.48. The number of rotatable bonds is 3. The van der Waals surface area contributed by atoms with Gasteiger partial charge in [0.1, 0.15) is 5.82 Å². The molecule has 0 aliphatic carbocycles. The first kappa shape index (κ1) is 14.3. The van der Waals surface area contributed by atoms with Gasteiger partial charge in [-0.25, -0.2) is 4.98 Å². The van der Waals surface area contributed by atoms with Crippen molar-refractivity contribution in [3.63, 3.8) is 0 Å². The SMILES string of the molecule is OC(O)c1ccc(Nc2cccc(C(F)(F)F)c2)nc1. The number of aromatic nitrogens is 1. The van der Waals surface area contributed by atoms with Gasteiger partial charge in [0.25, 0.3) is 0 Å². The second-order valence-corrected chi connectivity index (χ2v) is 4.05. The van der Waals surface area contributed by atoms with Crippen LogP contribution in [0, 0.1) is 0 Å². The number of alkyl halides is 3. The minimum absolute atomic E-state index is 0.194. The van der Waals surface area contributed by atoms with E-state index in [0.29, 0.717) is 5.82 Å². The largest absolute Gasteiger partial charge is 0.416 e. The molecule has 2 rings (SSSR count). The van der Waals surface area contributed by atoms with Crippen LogP contribution in [0.2, 0.25) is 0 Å². The highest BCUT2D eigenvalue weighted by molar-refractivity contribution is 5.57. The lowest BCUT2D eigenvalue weighted by molar-refractivity contribution is -0.137. The van der Waals surface area contributed by atoms with Gasteiger partial charge in [-0.05, 0) is 30.3 Å². The summed E-state index contributed by atoms with van der Waals surface area (Å²) in [6.45, 7) is 0. The lowest BCUT2D eigenvalue weighted by Crippen LogP contribution is -2.05. The molecule has 20 heavy (non-hydrogen) atoms. The first-order valence-electron chi connectivity index (χ1n) is 5.62. The third-order valence-corrected chi connectivity index (χ3v) is 2.55. The summed E-state index contributed by atoms with van der Waals surface area (Å²) in [7, 11) is 0. The molecule has 0 bridgehead atoms. The highest BCUT2D eigenvalue weighted by Gasteiger charge is 2.30. The molecule has 0 amide bonds. The topological polar surface area (TPSA) is 65.4 Å². The number of hydrogen-bond donors (Lipinski definition) is 3. The Bertz CT molecular complexity index is 583. The normalized spacial score (nSPS) is 11.7. The molecule has 0 atom stereocenters. The van der Waals surface area contributed by atoms with Crippen molar-refractivity contribution in [2.45, 2.75) is 12.5 Å². The van der Waals surface area contributed by atoms with E-state index < -0.39 is 18.0 Å². The lowest BCUT2D eigenvalue weighted by atomic mass is 10.2. The van der Waals surface area contributed by atoms with Crippen molar-refractivity contribution in [2.24, 2.45) is 0 Å². The first-order valence-corrected chi connectivity index (χ1v) is 5.62. The summed E-state index contributed by atoms with van der Waals surface area (Å²) < 4.78 is 37.6. The van der Waals surface area contributed by atoms with Gasteiger partial charge in [0.15, 0.2) is 6.29 Å². The third-order valence-electron chi connectivity index (χ3n) is 2.55. The van der Waals surface area contributed by atoms with Crippen LogP contribution in [0.1, 0.15) is 17.4 Å². The maximum absolute atomic E-state index is 12.5. The lowest BCUT2D eigenvalue weighted by Gasteiger charge is -2.10. The zero-order valence-corrected chi connectivity index (χ0v) is 10.1. The maximum Gasteiger partial charge on any atom is 0.416 e. The van der Waals surface area contributed by atoms with Gasteiger partial charge >= 0.3 is 6.18 Å². The van der Waals surface area contributed by atoms with Gasteiger partial charge in [-0.1, -0.05) is 6.07 Å². The number of aliphatic hydroxyl groups is 2. The molecule has 0 aliphatic rings. The predicted molar refractivity (Wildman–Crippen MR) is 66.1 cm³/mol. The van der Waals surface area contributed by atoms with E-state index in [0.717, 1.165) is 12.1 Å². The number of hydrogen-bond acceptors (Lipinski definition) is 4.